The first kappa shape index (κ1) is 11.4. The lowest BCUT2D eigenvalue weighted by molar-refractivity contribution is 1.12. The maximum atomic E-state index is 5.61. The van der Waals surface area contributed by atoms with E-state index in [-0.39, 0.29) is 0 Å². The third kappa shape index (κ3) is 2.53. The molecule has 4 nitrogen and oxygen atoms in total. The first-order valence-corrected chi connectivity index (χ1v) is 5.63. The van der Waals surface area contributed by atoms with Crippen LogP contribution in [0.2, 0.25) is 0 Å². The molecule has 0 aliphatic rings. The molecule has 0 atom stereocenters. The van der Waals surface area contributed by atoms with E-state index in [0.29, 0.717) is 11.6 Å². The van der Waals surface area contributed by atoms with Gasteiger partial charge in [0, 0.05) is 5.69 Å². The zero-order valence-corrected chi connectivity index (χ0v) is 10.1. The molecular weight excluding hydrogens is 212 g/mol. The molecule has 1 aromatic carbocycles. The third-order valence-corrected chi connectivity index (χ3v) is 2.65. The number of para-hydroxylation sites is 1. The molecule has 0 fully saturated rings. The van der Waals surface area contributed by atoms with Crippen molar-refractivity contribution in [1.82, 2.24) is 9.97 Å². The molecule has 88 valence electrons. The van der Waals surface area contributed by atoms with Gasteiger partial charge in [0.25, 0.3) is 0 Å². The van der Waals surface area contributed by atoms with Crippen molar-refractivity contribution in [1.29, 1.82) is 0 Å². The van der Waals surface area contributed by atoms with E-state index in [1.54, 1.807) is 6.20 Å². The molecule has 0 unspecified atom stereocenters. The predicted octanol–water partition coefficient (Wildman–Crippen LogP) is 2.67. The second-order valence-electron chi connectivity index (χ2n) is 3.92. The number of aryl methyl sites for hydroxylation is 2. The average molecular weight is 228 g/mol. The van der Waals surface area contributed by atoms with Gasteiger partial charge in [0.05, 0.1) is 12.4 Å². The molecule has 1 aromatic heterocycles. The molecule has 0 bridgehead atoms. The molecule has 0 amide bonds. The van der Waals surface area contributed by atoms with Gasteiger partial charge in [-0.15, -0.1) is 0 Å². The highest BCUT2D eigenvalue weighted by Crippen LogP contribution is 2.24. The first-order chi connectivity index (χ1) is 8.20. The molecule has 2 aromatic rings. The Morgan fingerprint density at radius 1 is 1.29 bits per heavy atom. The molecule has 0 saturated carbocycles. The van der Waals surface area contributed by atoms with Crippen LogP contribution in [0.3, 0.4) is 0 Å². The molecule has 2 rings (SSSR count). The normalized spacial score (nSPS) is 10.2. The number of hydrogen-bond acceptors (Lipinski definition) is 4. The van der Waals surface area contributed by atoms with Crippen LogP contribution in [-0.2, 0) is 6.42 Å². The second-order valence-corrected chi connectivity index (χ2v) is 3.92. The number of aromatic nitrogens is 2. The van der Waals surface area contributed by atoms with E-state index < -0.39 is 0 Å². The summed E-state index contributed by atoms with van der Waals surface area (Å²) in [5.74, 6) is 1.09. The minimum Gasteiger partial charge on any atom is -0.382 e. The number of anilines is 3. The van der Waals surface area contributed by atoms with Crippen LogP contribution >= 0.6 is 0 Å². The molecular formula is C13H16N4. The largest absolute Gasteiger partial charge is 0.382 e. The van der Waals surface area contributed by atoms with E-state index in [4.69, 9.17) is 5.73 Å². The Morgan fingerprint density at radius 2 is 2.12 bits per heavy atom. The topological polar surface area (TPSA) is 63.8 Å². The van der Waals surface area contributed by atoms with Crippen LogP contribution in [0.4, 0.5) is 17.3 Å². The minimum atomic E-state index is 0.418. The number of nitrogens with zero attached hydrogens (tertiary/aromatic N) is 2. The summed E-state index contributed by atoms with van der Waals surface area (Å²) in [6.07, 6.45) is 4.17. The summed E-state index contributed by atoms with van der Waals surface area (Å²) in [5, 5.41) is 3.28. The molecule has 3 N–H and O–H groups in total. The smallest absolute Gasteiger partial charge is 0.151 e. The van der Waals surface area contributed by atoms with Crippen LogP contribution in [0.5, 0.6) is 0 Å². The molecule has 0 saturated heterocycles. The zero-order valence-electron chi connectivity index (χ0n) is 10.1. The number of nitrogens with two attached hydrogens (primary N) is 1. The molecule has 0 radical (unpaired) electrons. The fraction of sp³-hybridized carbons (Fsp3) is 0.231. The Hall–Kier alpha value is -2.10. The molecule has 0 aliphatic carbocycles. The summed E-state index contributed by atoms with van der Waals surface area (Å²) in [7, 11) is 0. The number of nitrogens with one attached hydrogen (secondary N) is 1. The van der Waals surface area contributed by atoms with E-state index in [9.17, 15) is 0 Å². The van der Waals surface area contributed by atoms with E-state index in [1.165, 1.54) is 17.3 Å². The van der Waals surface area contributed by atoms with Gasteiger partial charge in [-0.25, -0.2) is 4.98 Å². The quantitative estimate of drug-likeness (QED) is 0.847. The predicted molar refractivity (Wildman–Crippen MR) is 70.3 cm³/mol. The maximum absolute atomic E-state index is 5.61. The summed E-state index contributed by atoms with van der Waals surface area (Å²) in [4.78, 5) is 8.20. The van der Waals surface area contributed by atoms with E-state index in [1.807, 2.05) is 0 Å². The van der Waals surface area contributed by atoms with E-state index >= 15 is 0 Å². The van der Waals surface area contributed by atoms with Crippen molar-refractivity contribution in [3.63, 3.8) is 0 Å². The summed E-state index contributed by atoms with van der Waals surface area (Å²) in [5.41, 5.74) is 9.15. The minimum absolute atomic E-state index is 0.418. The van der Waals surface area contributed by atoms with Crippen molar-refractivity contribution >= 4 is 17.3 Å². The Balaban J connectivity index is 2.35. The van der Waals surface area contributed by atoms with Gasteiger partial charge in [-0.05, 0) is 24.5 Å². The molecule has 4 heteroatoms. The SMILES string of the molecule is CCc1cccc(C)c1Nc1cncc(N)n1. The highest BCUT2D eigenvalue weighted by molar-refractivity contribution is 5.64. The zero-order chi connectivity index (χ0) is 12.3. The van der Waals surface area contributed by atoms with Gasteiger partial charge in [0.15, 0.2) is 5.82 Å². The van der Waals surface area contributed by atoms with Crippen molar-refractivity contribution < 1.29 is 0 Å². The van der Waals surface area contributed by atoms with Gasteiger partial charge >= 0.3 is 0 Å². The Morgan fingerprint density at radius 3 is 2.82 bits per heavy atom. The highest BCUT2D eigenvalue weighted by Gasteiger charge is 2.05. The van der Waals surface area contributed by atoms with Gasteiger partial charge in [-0.1, -0.05) is 25.1 Å². The summed E-state index contributed by atoms with van der Waals surface area (Å²) < 4.78 is 0. The Bertz CT molecular complexity index is 523. The maximum Gasteiger partial charge on any atom is 0.151 e. The van der Waals surface area contributed by atoms with Crippen LogP contribution in [0, 0.1) is 6.92 Å². The second kappa shape index (κ2) is 4.82. The fourth-order valence-corrected chi connectivity index (χ4v) is 1.77. The molecule has 0 aliphatic heterocycles. The fourth-order valence-electron chi connectivity index (χ4n) is 1.77. The average Bonchev–Trinajstić information content (AvgIpc) is 2.32. The van der Waals surface area contributed by atoms with Crippen molar-refractivity contribution in [2.45, 2.75) is 20.3 Å². The Labute approximate surface area is 101 Å². The standard InChI is InChI=1S/C13H16N4/c1-3-10-6-4-5-9(2)13(10)17-12-8-15-7-11(14)16-12/h4-8H,3H2,1-2H3,(H3,14,16,17). The number of rotatable bonds is 3. The molecule has 17 heavy (non-hydrogen) atoms. The highest BCUT2D eigenvalue weighted by atomic mass is 15.0. The van der Waals surface area contributed by atoms with E-state index in [0.717, 1.165) is 12.1 Å². The monoisotopic (exact) mass is 228 g/mol. The summed E-state index contributed by atoms with van der Waals surface area (Å²) in [6, 6.07) is 6.24. The van der Waals surface area contributed by atoms with Gasteiger partial charge in [0.2, 0.25) is 0 Å². The lowest BCUT2D eigenvalue weighted by atomic mass is 10.1. The molecule has 0 spiro atoms. The van der Waals surface area contributed by atoms with Crippen molar-refractivity contribution in [2.75, 3.05) is 11.1 Å². The Kier molecular flexibility index (Phi) is 3.23. The van der Waals surface area contributed by atoms with E-state index in [2.05, 4.69) is 47.3 Å². The lowest BCUT2D eigenvalue weighted by Crippen LogP contribution is -2.02. The van der Waals surface area contributed by atoms with Crippen LogP contribution in [0.25, 0.3) is 0 Å². The van der Waals surface area contributed by atoms with Gasteiger partial charge < -0.3 is 11.1 Å². The number of hydrogen-bond donors (Lipinski definition) is 2. The van der Waals surface area contributed by atoms with Crippen molar-refractivity contribution in [3.05, 3.63) is 41.7 Å². The summed E-state index contributed by atoms with van der Waals surface area (Å²) in [6.45, 7) is 4.20. The van der Waals surface area contributed by atoms with Crippen LogP contribution < -0.4 is 11.1 Å². The van der Waals surface area contributed by atoms with Gasteiger partial charge in [-0.2, -0.15) is 0 Å². The van der Waals surface area contributed by atoms with Gasteiger partial charge in [0.1, 0.15) is 5.82 Å². The molecule has 1 heterocycles. The van der Waals surface area contributed by atoms with Crippen LogP contribution in [0.1, 0.15) is 18.1 Å². The van der Waals surface area contributed by atoms with Crippen molar-refractivity contribution in [3.8, 4) is 0 Å². The van der Waals surface area contributed by atoms with Crippen LogP contribution in [-0.4, -0.2) is 9.97 Å². The number of benzene rings is 1. The first-order valence-electron chi connectivity index (χ1n) is 5.63. The number of nitrogen functional groups attached to an aromatic ring is 1. The summed E-state index contributed by atoms with van der Waals surface area (Å²) >= 11 is 0. The lowest BCUT2D eigenvalue weighted by Gasteiger charge is -2.13. The van der Waals surface area contributed by atoms with Crippen LogP contribution in [0.15, 0.2) is 30.6 Å². The third-order valence-electron chi connectivity index (χ3n) is 2.65. The van der Waals surface area contributed by atoms with Crippen molar-refractivity contribution in [2.24, 2.45) is 0 Å². The van der Waals surface area contributed by atoms with Gasteiger partial charge in [-0.3, -0.25) is 4.98 Å².